The fourth-order valence-electron chi connectivity index (χ4n) is 4.99. The second-order valence-corrected chi connectivity index (χ2v) is 10.5. The SMILES string of the molecule is Cc1c(-c2ccc(NC(=O)C(NC(=O)C(/C=C\N)=[NH+]C(C)C)C(C3CC3)C3CC3)nc2F)cncc1C(F)F. The van der Waals surface area contributed by atoms with Crippen LogP contribution < -0.4 is 21.4 Å². The third-order valence-corrected chi connectivity index (χ3v) is 7.12. The zero-order valence-electron chi connectivity index (χ0n) is 22.2. The van der Waals surface area contributed by atoms with Crippen molar-refractivity contribution in [3.05, 3.63) is 53.9 Å². The van der Waals surface area contributed by atoms with Gasteiger partial charge >= 0.3 is 5.91 Å². The van der Waals surface area contributed by atoms with Crippen molar-refractivity contribution in [2.24, 2.45) is 23.5 Å². The summed E-state index contributed by atoms with van der Waals surface area (Å²) in [4.78, 5) is 37.4. The highest BCUT2D eigenvalue weighted by Crippen LogP contribution is 2.50. The van der Waals surface area contributed by atoms with Crippen molar-refractivity contribution < 1.29 is 27.8 Å². The van der Waals surface area contributed by atoms with Gasteiger partial charge in [-0.15, -0.1) is 0 Å². The Labute approximate surface area is 225 Å². The molecule has 2 heterocycles. The Morgan fingerprint density at radius 1 is 1.10 bits per heavy atom. The maximum Gasteiger partial charge on any atom is 0.316 e. The molecule has 2 aliphatic rings. The van der Waals surface area contributed by atoms with Crippen LogP contribution in [0.5, 0.6) is 0 Å². The van der Waals surface area contributed by atoms with E-state index in [1.807, 2.05) is 13.8 Å². The summed E-state index contributed by atoms with van der Waals surface area (Å²) in [6.07, 6.45) is 6.23. The van der Waals surface area contributed by atoms with Gasteiger partial charge in [0.15, 0.2) is 0 Å². The third-order valence-electron chi connectivity index (χ3n) is 7.12. The number of carbonyl (C=O) groups excluding carboxylic acids is 2. The van der Waals surface area contributed by atoms with Gasteiger partial charge in [0.05, 0.1) is 0 Å². The lowest BCUT2D eigenvalue weighted by Gasteiger charge is -2.27. The molecule has 2 amide bonds. The van der Waals surface area contributed by atoms with E-state index in [4.69, 9.17) is 5.73 Å². The van der Waals surface area contributed by atoms with E-state index in [0.717, 1.165) is 31.9 Å². The first-order valence-electron chi connectivity index (χ1n) is 13.1. The summed E-state index contributed by atoms with van der Waals surface area (Å²) in [6.45, 7) is 5.23. The molecule has 0 radical (unpaired) electrons. The molecular weight excluding hydrogens is 509 g/mol. The van der Waals surface area contributed by atoms with Crippen LogP contribution in [0.1, 0.15) is 57.1 Å². The fraction of sp³-hybridized carbons (Fsp3) is 0.464. The number of rotatable bonds is 11. The molecule has 0 saturated heterocycles. The lowest BCUT2D eigenvalue weighted by atomic mass is 9.88. The average molecular weight is 544 g/mol. The molecule has 2 aromatic rings. The molecule has 2 fully saturated rings. The van der Waals surface area contributed by atoms with E-state index in [0.29, 0.717) is 11.8 Å². The van der Waals surface area contributed by atoms with Crippen molar-refractivity contribution in [2.75, 3.05) is 5.32 Å². The van der Waals surface area contributed by atoms with Crippen molar-refractivity contribution in [1.82, 2.24) is 15.3 Å². The maximum atomic E-state index is 15.1. The fourth-order valence-corrected chi connectivity index (χ4v) is 4.99. The number of nitrogens with two attached hydrogens (primary N) is 1. The second kappa shape index (κ2) is 12.0. The molecule has 39 heavy (non-hydrogen) atoms. The van der Waals surface area contributed by atoms with Gasteiger partial charge in [-0.2, -0.15) is 4.39 Å². The minimum absolute atomic E-state index is 0.00763. The van der Waals surface area contributed by atoms with Crippen LogP contribution in [0.2, 0.25) is 0 Å². The van der Waals surface area contributed by atoms with Crippen molar-refractivity contribution in [2.45, 2.75) is 65.0 Å². The Kier molecular flexibility index (Phi) is 8.66. The molecule has 2 saturated carbocycles. The Balaban J connectivity index is 1.59. The molecule has 8 nitrogen and oxygen atoms in total. The number of amides is 2. The number of nitrogens with one attached hydrogen (secondary N) is 3. The number of carbonyl (C=O) groups is 2. The average Bonchev–Trinajstić information content (AvgIpc) is 3.79. The summed E-state index contributed by atoms with van der Waals surface area (Å²) < 4.78 is 41.7. The number of nitrogens with zero attached hydrogens (tertiary/aromatic N) is 2. The van der Waals surface area contributed by atoms with Crippen LogP contribution in [0.25, 0.3) is 11.1 Å². The first kappa shape index (κ1) is 28.3. The molecule has 1 atom stereocenters. The molecule has 0 aromatic carbocycles. The maximum absolute atomic E-state index is 15.1. The molecule has 4 rings (SSSR count). The summed E-state index contributed by atoms with van der Waals surface area (Å²) in [5, 5.41) is 5.54. The summed E-state index contributed by atoms with van der Waals surface area (Å²) in [5.41, 5.74) is 5.86. The molecule has 1 unspecified atom stereocenters. The normalized spacial score (nSPS) is 16.8. The van der Waals surface area contributed by atoms with Gasteiger partial charge in [0.25, 0.3) is 12.1 Å². The quantitative estimate of drug-likeness (QED) is 0.256. The Morgan fingerprint density at radius 3 is 2.31 bits per heavy atom. The Bertz CT molecular complexity index is 1280. The predicted octanol–water partition coefficient (Wildman–Crippen LogP) is 2.79. The molecule has 208 valence electrons. The zero-order valence-corrected chi connectivity index (χ0v) is 22.2. The first-order valence-corrected chi connectivity index (χ1v) is 13.1. The largest absolute Gasteiger partial charge is 0.404 e. The molecular formula is C28H34F3N6O2+. The van der Waals surface area contributed by atoms with E-state index in [9.17, 15) is 18.4 Å². The van der Waals surface area contributed by atoms with E-state index in [2.05, 4.69) is 25.6 Å². The smallest absolute Gasteiger partial charge is 0.316 e. The van der Waals surface area contributed by atoms with Gasteiger partial charge in [-0.05, 0) is 81.9 Å². The number of hydrogen-bond donors (Lipinski definition) is 4. The number of aromatic nitrogens is 2. The van der Waals surface area contributed by atoms with Crippen molar-refractivity contribution in [1.29, 1.82) is 0 Å². The predicted molar refractivity (Wildman–Crippen MR) is 141 cm³/mol. The van der Waals surface area contributed by atoms with Crippen LogP contribution in [0.4, 0.5) is 19.0 Å². The zero-order chi connectivity index (χ0) is 28.3. The molecule has 0 spiro atoms. The van der Waals surface area contributed by atoms with E-state index < -0.39 is 30.2 Å². The number of hydrogen-bond acceptors (Lipinski definition) is 5. The molecule has 0 bridgehead atoms. The van der Waals surface area contributed by atoms with Crippen LogP contribution in [0, 0.1) is 30.6 Å². The molecule has 0 aliphatic heterocycles. The minimum Gasteiger partial charge on any atom is -0.404 e. The highest BCUT2D eigenvalue weighted by atomic mass is 19.3. The Morgan fingerprint density at radius 2 is 1.77 bits per heavy atom. The lowest BCUT2D eigenvalue weighted by molar-refractivity contribution is -0.491. The number of anilines is 1. The summed E-state index contributed by atoms with van der Waals surface area (Å²) >= 11 is 0. The van der Waals surface area contributed by atoms with Crippen LogP contribution in [-0.4, -0.2) is 39.6 Å². The van der Waals surface area contributed by atoms with Crippen LogP contribution in [-0.2, 0) is 9.59 Å². The number of pyridine rings is 2. The number of alkyl halides is 2. The van der Waals surface area contributed by atoms with Gasteiger partial charge in [0.2, 0.25) is 11.9 Å². The van der Waals surface area contributed by atoms with Gasteiger partial charge in [-0.3, -0.25) is 14.6 Å². The molecule has 2 aromatic heterocycles. The number of halogens is 3. The molecule has 11 heteroatoms. The summed E-state index contributed by atoms with van der Waals surface area (Å²) in [6, 6.07) is 1.88. The third kappa shape index (κ3) is 6.82. The highest BCUT2D eigenvalue weighted by Gasteiger charge is 2.48. The van der Waals surface area contributed by atoms with Crippen molar-refractivity contribution in [3.63, 3.8) is 0 Å². The highest BCUT2D eigenvalue weighted by molar-refractivity contribution is 6.41. The van der Waals surface area contributed by atoms with Crippen LogP contribution in [0.3, 0.4) is 0 Å². The topological polar surface area (TPSA) is 124 Å². The van der Waals surface area contributed by atoms with E-state index in [1.165, 1.54) is 37.5 Å². The molecule has 5 N–H and O–H groups in total. The van der Waals surface area contributed by atoms with Crippen molar-refractivity contribution >= 4 is 23.3 Å². The lowest BCUT2D eigenvalue weighted by Crippen LogP contribution is -2.80. The minimum atomic E-state index is -2.75. The standard InChI is InChI=1S/C28H33F3N6O2/c1-14(2)34-21(10-11-32)27(38)37-24(23(16-4-5-16)17-6-7-17)28(39)36-22-9-8-18(26(31)35-22)19-12-33-13-20(15(19)3)25(29)30/h8-14,16-17,23-25H,4-7,32H2,1-3H3,(H,37,38)(H,35,36,39)/p+1/b11-10-,34-21?. The summed E-state index contributed by atoms with van der Waals surface area (Å²) in [5.74, 6) is -1.35. The Hall–Kier alpha value is -3.76. The van der Waals surface area contributed by atoms with E-state index in [-0.39, 0.29) is 45.7 Å². The van der Waals surface area contributed by atoms with Gasteiger partial charge < -0.3 is 16.4 Å². The van der Waals surface area contributed by atoms with Crippen LogP contribution in [0.15, 0.2) is 36.8 Å². The van der Waals surface area contributed by atoms with Crippen LogP contribution >= 0.6 is 0 Å². The van der Waals surface area contributed by atoms with Gasteiger partial charge in [0.1, 0.15) is 17.9 Å². The van der Waals surface area contributed by atoms with Gasteiger partial charge in [-0.25, -0.2) is 18.8 Å². The van der Waals surface area contributed by atoms with E-state index >= 15 is 4.39 Å². The van der Waals surface area contributed by atoms with Gasteiger partial charge in [-0.1, -0.05) is 0 Å². The first-order chi connectivity index (χ1) is 18.6. The second-order valence-electron chi connectivity index (χ2n) is 10.5. The molecule has 2 aliphatic carbocycles. The summed E-state index contributed by atoms with van der Waals surface area (Å²) in [7, 11) is 0. The van der Waals surface area contributed by atoms with Gasteiger partial charge in [0, 0.05) is 41.4 Å². The monoisotopic (exact) mass is 543 g/mol. The van der Waals surface area contributed by atoms with Crippen molar-refractivity contribution in [3.8, 4) is 11.1 Å². The van der Waals surface area contributed by atoms with E-state index in [1.54, 1.807) is 0 Å².